The number of aliphatic hydroxyl groups excluding tert-OH is 2. The van der Waals surface area contributed by atoms with Crippen LogP contribution in [0.5, 0.6) is 0 Å². The summed E-state index contributed by atoms with van der Waals surface area (Å²) in [4.78, 5) is 29.3. The minimum atomic E-state index is -0.950. The van der Waals surface area contributed by atoms with Crippen LogP contribution in [0.4, 0.5) is 0 Å². The summed E-state index contributed by atoms with van der Waals surface area (Å²) in [6.45, 7) is 4.06. The zero-order valence-electron chi connectivity index (χ0n) is 18.4. The third kappa shape index (κ3) is 46.4. The molecule has 0 aliphatic heterocycles. The molecule has 8 heteroatoms. The largest absolute Gasteiger partial charge is 0.481 e. The van der Waals surface area contributed by atoms with Gasteiger partial charge in [-0.25, -0.2) is 0 Å². The number of unbranched alkanes of at least 4 members (excludes halogenated alkanes) is 10. The van der Waals surface area contributed by atoms with Gasteiger partial charge in [0, 0.05) is 20.3 Å². The van der Waals surface area contributed by atoms with Gasteiger partial charge in [-0.1, -0.05) is 71.1 Å². The van der Waals surface area contributed by atoms with Crippen LogP contribution in [0.1, 0.15) is 97.8 Å². The Hall–Kier alpha value is -1.67. The Morgan fingerprint density at radius 2 is 1.17 bits per heavy atom. The van der Waals surface area contributed by atoms with Crippen molar-refractivity contribution in [3.05, 3.63) is 0 Å². The van der Waals surface area contributed by atoms with Crippen molar-refractivity contribution in [2.75, 3.05) is 13.2 Å². The Morgan fingerprint density at radius 1 is 0.793 bits per heavy atom. The Labute approximate surface area is 175 Å². The number of carbonyl (C=O) groups is 3. The third-order valence-corrected chi connectivity index (χ3v) is 3.68. The molecule has 0 aliphatic carbocycles. The summed E-state index contributed by atoms with van der Waals surface area (Å²) in [7, 11) is 0. The van der Waals surface area contributed by atoms with Crippen molar-refractivity contribution in [1.82, 2.24) is 0 Å². The molecule has 0 aromatic heterocycles. The van der Waals surface area contributed by atoms with Crippen LogP contribution in [0.25, 0.3) is 0 Å². The van der Waals surface area contributed by atoms with Gasteiger partial charge in [0.1, 0.15) is 12.7 Å². The summed E-state index contributed by atoms with van der Waals surface area (Å²) in [5.41, 5.74) is 0. The first-order chi connectivity index (χ1) is 13.7. The van der Waals surface area contributed by atoms with Crippen molar-refractivity contribution in [3.63, 3.8) is 0 Å². The lowest BCUT2D eigenvalue weighted by Crippen LogP contribution is -2.20. The maximum atomic E-state index is 10.3. The lowest BCUT2D eigenvalue weighted by atomic mass is 10.1. The first-order valence-electron chi connectivity index (χ1n) is 10.5. The van der Waals surface area contributed by atoms with Crippen LogP contribution >= 0.6 is 0 Å². The molecule has 1 atom stereocenters. The maximum absolute atomic E-state index is 10.3. The van der Waals surface area contributed by atoms with E-state index < -0.39 is 24.0 Å². The van der Waals surface area contributed by atoms with E-state index in [1.807, 2.05) is 0 Å². The highest BCUT2D eigenvalue weighted by Gasteiger charge is 2.02. The highest BCUT2D eigenvalue weighted by atomic mass is 16.5. The normalized spacial score (nSPS) is 10.7. The zero-order chi connectivity index (χ0) is 22.9. The molecule has 174 valence electrons. The second-order valence-corrected chi connectivity index (χ2v) is 6.84. The van der Waals surface area contributed by atoms with Gasteiger partial charge in [0.15, 0.2) is 0 Å². The van der Waals surface area contributed by atoms with Crippen molar-refractivity contribution in [2.45, 2.75) is 104 Å². The molecule has 0 aliphatic rings. The third-order valence-electron chi connectivity index (χ3n) is 3.68. The van der Waals surface area contributed by atoms with Crippen LogP contribution in [0.15, 0.2) is 0 Å². The van der Waals surface area contributed by atoms with Gasteiger partial charge in [-0.05, 0) is 6.42 Å². The number of rotatable bonds is 15. The summed E-state index contributed by atoms with van der Waals surface area (Å²) in [6.07, 6.45) is 13.4. The molecule has 29 heavy (non-hydrogen) atoms. The van der Waals surface area contributed by atoms with E-state index in [2.05, 4.69) is 11.7 Å². The number of carbonyl (C=O) groups excluding carboxylic acids is 1. The van der Waals surface area contributed by atoms with Gasteiger partial charge >= 0.3 is 11.9 Å². The van der Waals surface area contributed by atoms with Crippen molar-refractivity contribution in [2.24, 2.45) is 0 Å². The highest BCUT2D eigenvalue weighted by molar-refractivity contribution is 5.66. The summed E-state index contributed by atoms with van der Waals surface area (Å²) in [5, 5.41) is 32.7. The van der Waals surface area contributed by atoms with E-state index in [1.165, 1.54) is 64.7 Å². The lowest BCUT2D eigenvalue weighted by molar-refractivity contribution is -0.144. The fraction of sp³-hybridized carbons (Fsp3) is 0.857. The Bertz CT molecular complexity index is 381. The number of hydrogen-bond donors (Lipinski definition) is 4. The van der Waals surface area contributed by atoms with Crippen LogP contribution in [-0.4, -0.2) is 57.7 Å². The molecule has 0 radical (unpaired) electrons. The number of aliphatic hydroxyl groups is 2. The number of aliphatic carboxylic acids is 2. The van der Waals surface area contributed by atoms with Crippen molar-refractivity contribution in [1.29, 1.82) is 0 Å². The number of carboxylic acids is 2. The second-order valence-electron chi connectivity index (χ2n) is 6.84. The van der Waals surface area contributed by atoms with Crippen LogP contribution in [0, 0.1) is 0 Å². The van der Waals surface area contributed by atoms with Crippen molar-refractivity contribution < 1.29 is 39.5 Å². The van der Waals surface area contributed by atoms with Crippen LogP contribution in [-0.2, 0) is 19.1 Å². The lowest BCUT2D eigenvalue weighted by Gasteiger charge is -2.05. The first-order valence-corrected chi connectivity index (χ1v) is 10.5. The van der Waals surface area contributed by atoms with Crippen molar-refractivity contribution >= 4 is 17.9 Å². The average molecular weight is 423 g/mol. The number of carboxylic acid groups (broad SMARTS) is 2. The average Bonchev–Trinajstić information content (AvgIpc) is 2.64. The Balaban J connectivity index is -0.000000435. The molecule has 8 nitrogen and oxygen atoms in total. The quantitative estimate of drug-likeness (QED) is 0.231. The summed E-state index contributed by atoms with van der Waals surface area (Å²) in [6, 6.07) is 0. The topological polar surface area (TPSA) is 141 Å². The van der Waals surface area contributed by atoms with E-state index >= 15 is 0 Å². The van der Waals surface area contributed by atoms with Gasteiger partial charge in [-0.3, -0.25) is 14.4 Å². The van der Waals surface area contributed by atoms with E-state index in [1.54, 1.807) is 0 Å². The Morgan fingerprint density at radius 3 is 1.48 bits per heavy atom. The molecular formula is C21H42O8. The van der Waals surface area contributed by atoms with Crippen LogP contribution in [0.3, 0.4) is 0 Å². The van der Waals surface area contributed by atoms with Crippen molar-refractivity contribution in [3.8, 4) is 0 Å². The van der Waals surface area contributed by atoms with E-state index in [0.717, 1.165) is 19.8 Å². The zero-order valence-corrected chi connectivity index (χ0v) is 18.4. The van der Waals surface area contributed by atoms with Gasteiger partial charge in [0.05, 0.1) is 6.61 Å². The van der Waals surface area contributed by atoms with Gasteiger partial charge in [-0.2, -0.15) is 0 Å². The van der Waals surface area contributed by atoms with E-state index in [9.17, 15) is 9.59 Å². The van der Waals surface area contributed by atoms with Gasteiger partial charge < -0.3 is 25.2 Å². The molecule has 0 saturated carbocycles. The minimum absolute atomic E-state index is 0.133. The molecule has 0 aromatic carbocycles. The standard InChI is InChI=1S/C14H28O2.C5H10O4.C2H4O2/c1-2-3-4-5-6-7-8-9-10-11-12-13-14(15)16;1-4(7)9-3-5(8)2-6;1-2(3)4/h2-13H2,1H3,(H,15,16);5-6,8H,2-3H2,1H3;1H3,(H,3,4). The fourth-order valence-electron chi connectivity index (χ4n) is 2.21. The number of ether oxygens (including phenoxy) is 1. The number of hydrogen-bond acceptors (Lipinski definition) is 6. The minimum Gasteiger partial charge on any atom is -0.481 e. The van der Waals surface area contributed by atoms with E-state index in [4.69, 9.17) is 25.2 Å². The molecule has 0 amide bonds. The Kier molecular flexibility index (Phi) is 29.1. The van der Waals surface area contributed by atoms with E-state index in [0.29, 0.717) is 6.42 Å². The van der Waals surface area contributed by atoms with Crippen LogP contribution in [0.2, 0.25) is 0 Å². The molecule has 0 fully saturated rings. The molecule has 0 aromatic rings. The predicted octanol–water partition coefficient (Wildman–Crippen LogP) is 3.77. The van der Waals surface area contributed by atoms with Gasteiger partial charge in [0.25, 0.3) is 5.97 Å². The number of esters is 1. The first kappa shape index (κ1) is 32.0. The molecular weight excluding hydrogens is 380 g/mol. The SMILES string of the molecule is CC(=O)O.CC(=O)OCC(O)CO.CCCCCCCCCCCCCC(=O)O. The summed E-state index contributed by atoms with van der Waals surface area (Å²) < 4.78 is 4.35. The highest BCUT2D eigenvalue weighted by Crippen LogP contribution is 2.11. The molecule has 0 saturated heterocycles. The van der Waals surface area contributed by atoms with Gasteiger partial charge in [-0.15, -0.1) is 0 Å². The van der Waals surface area contributed by atoms with Crippen LogP contribution < -0.4 is 0 Å². The molecule has 0 heterocycles. The molecule has 4 N–H and O–H groups in total. The molecule has 0 bridgehead atoms. The summed E-state index contributed by atoms with van der Waals surface area (Å²) >= 11 is 0. The molecule has 0 rings (SSSR count). The maximum Gasteiger partial charge on any atom is 0.303 e. The second kappa shape index (κ2) is 26.3. The molecule has 1 unspecified atom stereocenters. The monoisotopic (exact) mass is 422 g/mol. The summed E-state index contributed by atoms with van der Waals surface area (Å²) in [5.74, 6) is -1.95. The smallest absolute Gasteiger partial charge is 0.303 e. The van der Waals surface area contributed by atoms with Gasteiger partial charge in [0.2, 0.25) is 0 Å². The molecule has 0 spiro atoms. The fourth-order valence-corrected chi connectivity index (χ4v) is 2.21. The van der Waals surface area contributed by atoms with E-state index in [-0.39, 0.29) is 13.2 Å². The predicted molar refractivity (Wildman–Crippen MR) is 112 cm³/mol.